The van der Waals surface area contributed by atoms with Gasteiger partial charge in [0.05, 0.1) is 11.5 Å². The number of hydrogen-bond acceptors (Lipinski definition) is 4. The molecule has 0 saturated heterocycles. The monoisotopic (exact) mass is 262 g/mol. The van der Waals surface area contributed by atoms with Gasteiger partial charge in [0.25, 0.3) is 0 Å². The fraction of sp³-hybridized carbons (Fsp3) is 0.500. The van der Waals surface area contributed by atoms with Gasteiger partial charge < -0.3 is 5.11 Å². The van der Waals surface area contributed by atoms with Crippen molar-refractivity contribution in [1.29, 1.82) is 0 Å². The molecule has 16 heavy (non-hydrogen) atoms. The summed E-state index contributed by atoms with van der Waals surface area (Å²) in [7, 11) is -3.22. The van der Waals surface area contributed by atoms with E-state index in [-0.39, 0.29) is 22.3 Å². The number of aromatic carboxylic acids is 1. The Hall–Kier alpha value is -0.880. The van der Waals surface area contributed by atoms with Crippen LogP contribution in [0.5, 0.6) is 0 Å². The van der Waals surface area contributed by atoms with Crippen molar-refractivity contribution in [3.05, 3.63) is 21.9 Å². The molecular formula is C10H14O4S2. The highest BCUT2D eigenvalue weighted by molar-refractivity contribution is 7.90. The van der Waals surface area contributed by atoms with Crippen LogP contribution < -0.4 is 0 Å². The third-order valence-electron chi connectivity index (χ3n) is 1.90. The van der Waals surface area contributed by atoms with Gasteiger partial charge in [0.15, 0.2) is 9.84 Å². The highest BCUT2D eigenvalue weighted by Crippen LogP contribution is 2.20. The lowest BCUT2D eigenvalue weighted by Gasteiger charge is -2.06. The van der Waals surface area contributed by atoms with Gasteiger partial charge in [0.1, 0.15) is 4.88 Å². The molecule has 90 valence electrons. The van der Waals surface area contributed by atoms with Crippen LogP contribution in [0, 0.1) is 5.92 Å². The summed E-state index contributed by atoms with van der Waals surface area (Å²) in [6, 6.07) is 1.56. The van der Waals surface area contributed by atoms with Crippen LogP contribution in [0.1, 0.15) is 29.1 Å². The molecule has 0 atom stereocenters. The maximum atomic E-state index is 11.7. The average Bonchev–Trinajstić information content (AvgIpc) is 2.48. The number of carboxylic acids is 1. The predicted molar refractivity (Wildman–Crippen MR) is 63.6 cm³/mol. The number of sulfone groups is 1. The van der Waals surface area contributed by atoms with Gasteiger partial charge in [-0.1, -0.05) is 13.8 Å². The van der Waals surface area contributed by atoms with Crippen molar-refractivity contribution < 1.29 is 18.3 Å². The SMILES string of the molecule is CC(C)CS(=O)(=O)Cc1ccsc1C(=O)O. The number of hydrogen-bond donors (Lipinski definition) is 1. The summed E-state index contributed by atoms with van der Waals surface area (Å²) in [6.45, 7) is 3.65. The van der Waals surface area contributed by atoms with Crippen molar-refractivity contribution in [2.45, 2.75) is 19.6 Å². The van der Waals surface area contributed by atoms with E-state index in [2.05, 4.69) is 0 Å². The molecule has 0 saturated carbocycles. The maximum Gasteiger partial charge on any atom is 0.346 e. The van der Waals surface area contributed by atoms with Gasteiger partial charge in [-0.25, -0.2) is 13.2 Å². The molecule has 1 aromatic rings. The van der Waals surface area contributed by atoms with E-state index in [0.29, 0.717) is 5.56 Å². The van der Waals surface area contributed by atoms with E-state index >= 15 is 0 Å². The van der Waals surface area contributed by atoms with Gasteiger partial charge in [-0.2, -0.15) is 0 Å². The van der Waals surface area contributed by atoms with Crippen molar-refractivity contribution in [3.8, 4) is 0 Å². The standard InChI is InChI=1S/C10H14O4S2/c1-7(2)5-16(13,14)6-8-3-4-15-9(8)10(11)12/h3-4,7H,5-6H2,1-2H3,(H,11,12). The molecule has 0 amide bonds. The van der Waals surface area contributed by atoms with Crippen LogP contribution in [0.3, 0.4) is 0 Å². The van der Waals surface area contributed by atoms with Crippen LogP contribution in [-0.4, -0.2) is 25.2 Å². The van der Waals surface area contributed by atoms with Crippen molar-refractivity contribution in [3.63, 3.8) is 0 Å². The second-order valence-electron chi connectivity index (χ2n) is 4.03. The Labute approximate surface area is 98.8 Å². The Balaban J connectivity index is 2.88. The van der Waals surface area contributed by atoms with Gasteiger partial charge in [0.2, 0.25) is 0 Å². The normalized spacial score (nSPS) is 11.9. The first-order valence-corrected chi connectivity index (χ1v) is 7.52. The molecule has 1 rings (SSSR count). The first-order valence-electron chi connectivity index (χ1n) is 4.82. The van der Waals surface area contributed by atoms with Crippen LogP contribution in [-0.2, 0) is 15.6 Å². The molecule has 1 aromatic heterocycles. The van der Waals surface area contributed by atoms with Gasteiger partial charge >= 0.3 is 5.97 Å². The number of rotatable bonds is 5. The average molecular weight is 262 g/mol. The summed E-state index contributed by atoms with van der Waals surface area (Å²) in [5, 5.41) is 10.4. The highest BCUT2D eigenvalue weighted by Gasteiger charge is 2.19. The summed E-state index contributed by atoms with van der Waals surface area (Å²) in [5.74, 6) is -1.11. The number of carbonyl (C=O) groups is 1. The zero-order valence-corrected chi connectivity index (χ0v) is 10.8. The first-order chi connectivity index (χ1) is 7.32. The van der Waals surface area contributed by atoms with E-state index in [4.69, 9.17) is 5.11 Å². The van der Waals surface area contributed by atoms with Gasteiger partial charge in [-0.15, -0.1) is 11.3 Å². The van der Waals surface area contributed by atoms with E-state index in [9.17, 15) is 13.2 Å². The molecule has 4 nitrogen and oxygen atoms in total. The molecule has 1 heterocycles. The fourth-order valence-electron chi connectivity index (χ4n) is 1.44. The minimum absolute atomic E-state index is 0.0527. The third-order valence-corrected chi connectivity index (χ3v) is 4.77. The molecule has 0 aliphatic heterocycles. The molecule has 0 unspecified atom stereocenters. The second-order valence-corrected chi connectivity index (χ2v) is 7.05. The van der Waals surface area contributed by atoms with Crippen LogP contribution in [0.15, 0.2) is 11.4 Å². The minimum Gasteiger partial charge on any atom is -0.477 e. The Morgan fingerprint density at radius 3 is 2.62 bits per heavy atom. The lowest BCUT2D eigenvalue weighted by molar-refractivity contribution is 0.0701. The van der Waals surface area contributed by atoms with Crippen molar-refractivity contribution in [2.75, 3.05) is 5.75 Å². The molecule has 0 bridgehead atoms. The zero-order chi connectivity index (χ0) is 12.3. The second kappa shape index (κ2) is 4.97. The smallest absolute Gasteiger partial charge is 0.346 e. The van der Waals surface area contributed by atoms with E-state index in [1.54, 1.807) is 11.4 Å². The Morgan fingerprint density at radius 2 is 2.12 bits per heavy atom. The summed E-state index contributed by atoms with van der Waals surface area (Å²) >= 11 is 1.05. The summed E-state index contributed by atoms with van der Waals surface area (Å²) in [4.78, 5) is 10.9. The van der Waals surface area contributed by atoms with Crippen molar-refractivity contribution >= 4 is 27.1 Å². The van der Waals surface area contributed by atoms with E-state index in [1.807, 2.05) is 13.8 Å². The van der Waals surface area contributed by atoms with Crippen LogP contribution >= 0.6 is 11.3 Å². The van der Waals surface area contributed by atoms with E-state index < -0.39 is 15.8 Å². The van der Waals surface area contributed by atoms with Gasteiger partial charge in [-0.05, 0) is 22.9 Å². The molecule has 0 aliphatic carbocycles. The van der Waals surface area contributed by atoms with E-state index in [0.717, 1.165) is 11.3 Å². The number of carboxylic acid groups (broad SMARTS) is 1. The molecule has 0 aromatic carbocycles. The Kier molecular flexibility index (Phi) is 4.09. The highest BCUT2D eigenvalue weighted by atomic mass is 32.2. The lowest BCUT2D eigenvalue weighted by atomic mass is 10.3. The van der Waals surface area contributed by atoms with Crippen molar-refractivity contribution in [2.24, 2.45) is 5.92 Å². The van der Waals surface area contributed by atoms with Crippen LogP contribution in [0.25, 0.3) is 0 Å². The fourth-order valence-corrected chi connectivity index (χ4v) is 4.14. The maximum absolute atomic E-state index is 11.7. The van der Waals surface area contributed by atoms with Crippen molar-refractivity contribution in [1.82, 2.24) is 0 Å². The van der Waals surface area contributed by atoms with Gasteiger partial charge in [-0.3, -0.25) is 0 Å². The molecule has 0 spiro atoms. The number of thiophene rings is 1. The minimum atomic E-state index is -3.22. The molecule has 0 aliphatic rings. The molecule has 0 radical (unpaired) electrons. The molecule has 1 N–H and O–H groups in total. The topological polar surface area (TPSA) is 71.4 Å². The summed E-state index contributed by atoms with van der Waals surface area (Å²) in [6.07, 6.45) is 0. The first kappa shape index (κ1) is 13.2. The third kappa shape index (κ3) is 3.61. The summed E-state index contributed by atoms with van der Waals surface area (Å²) in [5.41, 5.74) is 0.387. The molecule has 6 heteroatoms. The lowest BCUT2D eigenvalue weighted by Crippen LogP contribution is -2.14. The van der Waals surface area contributed by atoms with Gasteiger partial charge in [0, 0.05) is 0 Å². The Bertz CT molecular complexity index is 471. The zero-order valence-electron chi connectivity index (χ0n) is 9.13. The largest absolute Gasteiger partial charge is 0.477 e. The van der Waals surface area contributed by atoms with Crippen LogP contribution in [0.2, 0.25) is 0 Å². The van der Waals surface area contributed by atoms with E-state index in [1.165, 1.54) is 0 Å². The quantitative estimate of drug-likeness (QED) is 0.881. The Morgan fingerprint density at radius 1 is 1.50 bits per heavy atom. The molecule has 0 fully saturated rings. The summed E-state index contributed by atoms with van der Waals surface area (Å²) < 4.78 is 23.4. The van der Waals surface area contributed by atoms with Crippen LogP contribution in [0.4, 0.5) is 0 Å². The predicted octanol–water partition coefficient (Wildman–Crippen LogP) is 2.02. The molecular weight excluding hydrogens is 248 g/mol.